The molecule has 1 amide bonds. The van der Waals surface area contributed by atoms with Crippen molar-refractivity contribution in [2.24, 2.45) is 11.5 Å². The van der Waals surface area contributed by atoms with Gasteiger partial charge < -0.3 is 16.0 Å². The monoisotopic (exact) mass is 393 g/mol. The van der Waals surface area contributed by atoms with Gasteiger partial charge in [0.1, 0.15) is 0 Å². The highest BCUT2D eigenvalue weighted by Gasteiger charge is 2.32. The molecule has 0 aliphatic carbocycles. The molecule has 1 atom stereocenters. The first kappa shape index (κ1) is 19.6. The minimum absolute atomic E-state index is 0.0568. The van der Waals surface area contributed by atoms with Crippen LogP contribution in [0.1, 0.15) is 35.0 Å². The fourth-order valence-electron chi connectivity index (χ4n) is 2.78. The van der Waals surface area contributed by atoms with Gasteiger partial charge in [0, 0.05) is 23.9 Å². The SMILES string of the molecule is Cc1cc(C(N)CC(N)=O)c(C)n1-c1c(Cl)cc(C(F)(F)F)cc1Cl. The van der Waals surface area contributed by atoms with Gasteiger partial charge in [0.25, 0.3) is 0 Å². The molecule has 9 heteroatoms. The summed E-state index contributed by atoms with van der Waals surface area (Å²) in [5.74, 6) is -0.553. The van der Waals surface area contributed by atoms with Gasteiger partial charge in [0.2, 0.25) is 5.91 Å². The molecule has 1 heterocycles. The van der Waals surface area contributed by atoms with Crippen LogP contribution in [0.15, 0.2) is 18.2 Å². The van der Waals surface area contributed by atoms with Crippen molar-refractivity contribution in [1.82, 2.24) is 4.57 Å². The molecule has 0 fully saturated rings. The van der Waals surface area contributed by atoms with Gasteiger partial charge in [-0.1, -0.05) is 23.2 Å². The Morgan fingerprint density at radius 2 is 1.72 bits per heavy atom. The second-order valence-corrected chi connectivity index (χ2v) is 6.54. The molecule has 136 valence electrons. The van der Waals surface area contributed by atoms with Crippen LogP contribution >= 0.6 is 23.2 Å². The van der Waals surface area contributed by atoms with Gasteiger partial charge in [-0.2, -0.15) is 13.2 Å². The molecule has 0 saturated carbocycles. The topological polar surface area (TPSA) is 74.0 Å². The molecule has 2 aromatic rings. The number of alkyl halides is 3. The largest absolute Gasteiger partial charge is 0.416 e. The maximum absolute atomic E-state index is 12.9. The van der Waals surface area contributed by atoms with Gasteiger partial charge in [0.15, 0.2) is 0 Å². The minimum Gasteiger partial charge on any atom is -0.370 e. The van der Waals surface area contributed by atoms with Gasteiger partial charge in [0.05, 0.1) is 21.3 Å². The third-order valence-electron chi connectivity index (χ3n) is 3.86. The molecule has 0 bridgehead atoms. The Morgan fingerprint density at radius 1 is 1.20 bits per heavy atom. The first-order valence-corrected chi connectivity index (χ1v) is 7.98. The second kappa shape index (κ2) is 6.90. The highest BCUT2D eigenvalue weighted by atomic mass is 35.5. The van der Waals surface area contributed by atoms with E-state index in [0.717, 1.165) is 12.1 Å². The molecule has 0 saturated heterocycles. The Labute approximate surface area is 152 Å². The Hall–Kier alpha value is -1.70. The predicted molar refractivity (Wildman–Crippen MR) is 91.0 cm³/mol. The van der Waals surface area contributed by atoms with Crippen LogP contribution in [0, 0.1) is 13.8 Å². The van der Waals surface area contributed by atoms with Crippen molar-refractivity contribution in [3.8, 4) is 5.69 Å². The Bertz CT molecular complexity index is 808. The number of aromatic nitrogens is 1. The van der Waals surface area contributed by atoms with Gasteiger partial charge in [-0.25, -0.2) is 0 Å². The molecule has 1 aromatic carbocycles. The summed E-state index contributed by atoms with van der Waals surface area (Å²) in [6.45, 7) is 3.45. The number of benzene rings is 1. The number of carbonyl (C=O) groups excluding carboxylic acids is 1. The number of hydrogen-bond acceptors (Lipinski definition) is 2. The summed E-state index contributed by atoms with van der Waals surface area (Å²) in [6, 6.07) is 2.74. The number of hydrogen-bond donors (Lipinski definition) is 2. The number of nitrogens with two attached hydrogens (primary N) is 2. The first-order chi connectivity index (χ1) is 11.4. The third kappa shape index (κ3) is 3.94. The van der Waals surface area contributed by atoms with Crippen LogP contribution < -0.4 is 11.5 Å². The summed E-state index contributed by atoms with van der Waals surface area (Å²) < 4.78 is 40.3. The van der Waals surface area contributed by atoms with E-state index in [9.17, 15) is 18.0 Å². The molecule has 2 rings (SSSR count). The number of halogens is 5. The summed E-state index contributed by atoms with van der Waals surface area (Å²) in [5, 5.41) is -0.284. The zero-order valence-corrected chi connectivity index (χ0v) is 14.9. The van der Waals surface area contributed by atoms with E-state index in [-0.39, 0.29) is 22.2 Å². The molecule has 1 unspecified atom stereocenters. The maximum atomic E-state index is 12.9. The highest BCUT2D eigenvalue weighted by molar-refractivity contribution is 6.38. The zero-order valence-electron chi connectivity index (χ0n) is 13.4. The molecule has 0 aliphatic rings. The Balaban J connectivity index is 2.60. The molecule has 4 N–H and O–H groups in total. The molecular formula is C16H16Cl2F3N3O. The van der Waals surface area contributed by atoms with Crippen molar-refractivity contribution in [3.63, 3.8) is 0 Å². The fraction of sp³-hybridized carbons (Fsp3) is 0.312. The van der Waals surface area contributed by atoms with Crippen molar-refractivity contribution in [1.29, 1.82) is 0 Å². The quantitative estimate of drug-likeness (QED) is 0.812. The average Bonchev–Trinajstić information content (AvgIpc) is 2.73. The molecule has 1 aromatic heterocycles. The van der Waals surface area contributed by atoms with Gasteiger partial charge >= 0.3 is 6.18 Å². The van der Waals surface area contributed by atoms with E-state index in [0.29, 0.717) is 17.0 Å². The van der Waals surface area contributed by atoms with Crippen LogP contribution in [0.5, 0.6) is 0 Å². The summed E-state index contributed by atoms with van der Waals surface area (Å²) >= 11 is 12.2. The average molecular weight is 394 g/mol. The van der Waals surface area contributed by atoms with E-state index < -0.39 is 23.7 Å². The Morgan fingerprint density at radius 3 is 2.16 bits per heavy atom. The molecule has 4 nitrogen and oxygen atoms in total. The number of carbonyl (C=O) groups is 1. The molecule has 0 radical (unpaired) electrons. The second-order valence-electron chi connectivity index (χ2n) is 5.73. The highest BCUT2D eigenvalue weighted by Crippen LogP contribution is 2.39. The Kier molecular flexibility index (Phi) is 5.41. The minimum atomic E-state index is -4.55. The lowest BCUT2D eigenvalue weighted by atomic mass is 10.1. The van der Waals surface area contributed by atoms with E-state index in [4.69, 9.17) is 34.7 Å². The summed E-state index contributed by atoms with van der Waals surface area (Å²) in [7, 11) is 0. The van der Waals surface area contributed by atoms with E-state index in [1.807, 2.05) is 0 Å². The lowest BCUT2D eigenvalue weighted by Crippen LogP contribution is -2.21. The fourth-order valence-corrected chi connectivity index (χ4v) is 3.43. The van der Waals surface area contributed by atoms with Crippen molar-refractivity contribution in [2.45, 2.75) is 32.5 Å². The maximum Gasteiger partial charge on any atom is 0.416 e. The van der Waals surface area contributed by atoms with Gasteiger partial charge in [-0.3, -0.25) is 4.79 Å². The van der Waals surface area contributed by atoms with Crippen LogP contribution in [0.2, 0.25) is 10.0 Å². The van der Waals surface area contributed by atoms with Crippen molar-refractivity contribution in [2.75, 3.05) is 0 Å². The normalized spacial score (nSPS) is 13.1. The lowest BCUT2D eigenvalue weighted by molar-refractivity contribution is -0.137. The van der Waals surface area contributed by atoms with E-state index in [1.165, 1.54) is 0 Å². The number of nitrogens with zero attached hydrogens (tertiary/aromatic N) is 1. The van der Waals surface area contributed by atoms with Crippen LogP contribution in [0.25, 0.3) is 5.69 Å². The summed E-state index contributed by atoms with van der Waals surface area (Å²) in [4.78, 5) is 11.1. The van der Waals surface area contributed by atoms with Crippen molar-refractivity contribution in [3.05, 3.63) is 50.8 Å². The number of rotatable bonds is 4. The summed E-state index contributed by atoms with van der Waals surface area (Å²) in [5.41, 5.74) is 12.4. The van der Waals surface area contributed by atoms with E-state index in [1.54, 1.807) is 24.5 Å². The zero-order chi connectivity index (χ0) is 19.1. The van der Waals surface area contributed by atoms with Gasteiger partial charge in [-0.15, -0.1) is 0 Å². The molecule has 25 heavy (non-hydrogen) atoms. The smallest absolute Gasteiger partial charge is 0.370 e. The molecule has 0 aliphatic heterocycles. The number of primary amides is 1. The molecular weight excluding hydrogens is 378 g/mol. The standard InChI is InChI=1S/C16H16Cl2F3N3O/c1-7-3-10(13(22)6-14(23)25)8(2)24(7)15-11(17)4-9(5-12(15)18)16(19,20)21/h3-5,13H,6,22H2,1-2H3,(H2,23,25). The van der Waals surface area contributed by atoms with Crippen LogP contribution in [0.3, 0.4) is 0 Å². The first-order valence-electron chi connectivity index (χ1n) is 7.22. The van der Waals surface area contributed by atoms with E-state index >= 15 is 0 Å². The number of aryl methyl sites for hydroxylation is 1. The van der Waals surface area contributed by atoms with E-state index in [2.05, 4.69) is 0 Å². The van der Waals surface area contributed by atoms with Gasteiger partial charge in [-0.05, 0) is 37.6 Å². The van der Waals surface area contributed by atoms with Crippen LogP contribution in [-0.4, -0.2) is 10.5 Å². The predicted octanol–water partition coefficient (Wildman–Crippen LogP) is 4.29. The van der Waals surface area contributed by atoms with Crippen molar-refractivity contribution < 1.29 is 18.0 Å². The van der Waals surface area contributed by atoms with Crippen LogP contribution in [-0.2, 0) is 11.0 Å². The summed E-state index contributed by atoms with van der Waals surface area (Å²) in [6.07, 6.45) is -4.61. The van der Waals surface area contributed by atoms with Crippen molar-refractivity contribution >= 4 is 29.1 Å². The lowest BCUT2D eigenvalue weighted by Gasteiger charge is -2.17. The number of amides is 1. The molecule has 0 spiro atoms. The third-order valence-corrected chi connectivity index (χ3v) is 4.43. The van der Waals surface area contributed by atoms with Crippen LogP contribution in [0.4, 0.5) is 13.2 Å².